The number of fused-ring (bicyclic) bond motifs is 1. The number of amides is 1. The van der Waals surface area contributed by atoms with Crippen LogP contribution in [0.25, 0.3) is 5.65 Å². The van der Waals surface area contributed by atoms with Crippen LogP contribution in [-0.2, 0) is 19.6 Å². The number of aryl methyl sites for hydroxylation is 1. The molecule has 1 amide bonds. The molecule has 0 saturated carbocycles. The molecule has 4 aromatic rings. The predicted molar refractivity (Wildman–Crippen MR) is 128 cm³/mol. The third-order valence-electron chi connectivity index (χ3n) is 6.29. The van der Waals surface area contributed by atoms with Gasteiger partial charge in [0.05, 0.1) is 18.4 Å². The monoisotopic (exact) mass is 442 g/mol. The van der Waals surface area contributed by atoms with Gasteiger partial charge in [0.1, 0.15) is 5.65 Å². The lowest BCUT2D eigenvalue weighted by Crippen LogP contribution is -2.36. The highest BCUT2D eigenvalue weighted by Gasteiger charge is 2.25. The lowest BCUT2D eigenvalue weighted by atomic mass is 10.1. The number of hydrogen-bond donors (Lipinski definition) is 1. The van der Waals surface area contributed by atoms with E-state index in [9.17, 15) is 4.79 Å². The fourth-order valence-electron chi connectivity index (χ4n) is 4.52. The number of benzene rings is 1. The summed E-state index contributed by atoms with van der Waals surface area (Å²) in [5.41, 5.74) is 5.74. The van der Waals surface area contributed by atoms with E-state index in [1.807, 2.05) is 59.2 Å². The Morgan fingerprint density at radius 2 is 1.82 bits per heavy atom. The Kier molecular flexibility index (Phi) is 6.21. The molecule has 1 saturated heterocycles. The van der Waals surface area contributed by atoms with Gasteiger partial charge in [0.25, 0.3) is 5.91 Å². The summed E-state index contributed by atoms with van der Waals surface area (Å²) in [5.74, 6) is 0.0466. The van der Waals surface area contributed by atoms with E-state index in [0.717, 1.165) is 54.9 Å². The molecule has 1 fully saturated rings. The van der Waals surface area contributed by atoms with E-state index in [1.54, 1.807) is 0 Å². The van der Waals surface area contributed by atoms with Crippen molar-refractivity contribution in [2.75, 3.05) is 13.1 Å². The first kappa shape index (κ1) is 21.4. The van der Waals surface area contributed by atoms with Crippen molar-refractivity contribution in [2.45, 2.75) is 45.8 Å². The molecule has 1 aromatic carbocycles. The summed E-state index contributed by atoms with van der Waals surface area (Å²) in [4.78, 5) is 20.1. The highest BCUT2D eigenvalue weighted by atomic mass is 16.2. The quantitative estimate of drug-likeness (QED) is 0.473. The molecular weight excluding hydrogens is 412 g/mol. The Morgan fingerprint density at radius 3 is 2.64 bits per heavy atom. The van der Waals surface area contributed by atoms with E-state index in [4.69, 9.17) is 4.98 Å². The number of hydrogen-bond acceptors (Lipinski definition) is 4. The minimum atomic E-state index is 0.0466. The van der Waals surface area contributed by atoms with Gasteiger partial charge in [-0.3, -0.25) is 9.48 Å². The molecule has 0 unspecified atom stereocenters. The number of carbonyl (C=O) groups excluding carboxylic acids is 1. The average molecular weight is 443 g/mol. The Balaban J connectivity index is 1.31. The van der Waals surface area contributed by atoms with Crippen molar-refractivity contribution in [2.24, 2.45) is 0 Å². The number of nitrogens with zero attached hydrogens (tertiary/aromatic N) is 5. The SMILES string of the molecule is Cc1cccn2c(CNCc3cnn(Cc4ccccc4)c3)c(C(=O)N3CCCCC3)nc12. The van der Waals surface area contributed by atoms with Crippen LogP contribution in [-0.4, -0.2) is 43.1 Å². The standard InChI is InChI=1S/C26H30N6O/c1-20-9-8-14-32-23(24(29-25(20)32)26(33)30-12-6-3-7-13-30)17-27-15-22-16-28-31(19-22)18-21-10-4-2-5-11-21/h2,4-5,8-11,14,16,19,27H,3,6-7,12-13,15,17-18H2,1H3. The van der Waals surface area contributed by atoms with E-state index in [1.165, 1.54) is 12.0 Å². The number of nitrogens with one attached hydrogen (secondary N) is 1. The lowest BCUT2D eigenvalue weighted by molar-refractivity contribution is 0.0717. The van der Waals surface area contributed by atoms with Gasteiger partial charge >= 0.3 is 0 Å². The van der Waals surface area contributed by atoms with Gasteiger partial charge < -0.3 is 14.6 Å². The van der Waals surface area contributed by atoms with Crippen LogP contribution in [0.3, 0.4) is 0 Å². The Hall–Kier alpha value is -3.45. The maximum Gasteiger partial charge on any atom is 0.274 e. The minimum Gasteiger partial charge on any atom is -0.337 e. The third kappa shape index (κ3) is 4.68. The molecule has 3 aromatic heterocycles. The van der Waals surface area contributed by atoms with E-state index >= 15 is 0 Å². The van der Waals surface area contributed by atoms with Crippen molar-refractivity contribution >= 4 is 11.6 Å². The summed E-state index contributed by atoms with van der Waals surface area (Å²) in [7, 11) is 0. The zero-order valence-corrected chi connectivity index (χ0v) is 19.1. The molecule has 170 valence electrons. The van der Waals surface area contributed by atoms with Crippen molar-refractivity contribution in [1.82, 2.24) is 29.4 Å². The van der Waals surface area contributed by atoms with Gasteiger partial charge in [-0.15, -0.1) is 0 Å². The molecular formula is C26H30N6O. The molecule has 7 nitrogen and oxygen atoms in total. The number of pyridine rings is 1. The van der Waals surface area contributed by atoms with Crippen LogP contribution >= 0.6 is 0 Å². The van der Waals surface area contributed by atoms with Crippen molar-refractivity contribution in [3.63, 3.8) is 0 Å². The molecule has 0 spiro atoms. The minimum absolute atomic E-state index is 0.0466. The van der Waals surface area contributed by atoms with E-state index in [2.05, 4.69) is 33.1 Å². The van der Waals surface area contributed by atoms with Crippen molar-refractivity contribution in [1.29, 1.82) is 0 Å². The normalized spacial score (nSPS) is 14.2. The van der Waals surface area contributed by atoms with Crippen molar-refractivity contribution in [3.8, 4) is 0 Å². The summed E-state index contributed by atoms with van der Waals surface area (Å²) in [5, 5.41) is 8.00. The number of rotatable bonds is 7. The fraction of sp³-hybridized carbons (Fsp3) is 0.346. The lowest BCUT2D eigenvalue weighted by Gasteiger charge is -2.26. The molecule has 5 rings (SSSR count). The largest absolute Gasteiger partial charge is 0.337 e. The third-order valence-corrected chi connectivity index (χ3v) is 6.29. The number of imidazole rings is 1. The predicted octanol–water partition coefficient (Wildman–Crippen LogP) is 3.80. The fourth-order valence-corrected chi connectivity index (χ4v) is 4.52. The second-order valence-electron chi connectivity index (χ2n) is 8.78. The summed E-state index contributed by atoms with van der Waals surface area (Å²) < 4.78 is 4.01. The summed E-state index contributed by atoms with van der Waals surface area (Å²) in [6.07, 6.45) is 9.29. The second kappa shape index (κ2) is 9.58. The molecule has 33 heavy (non-hydrogen) atoms. The first-order chi connectivity index (χ1) is 16.2. The molecule has 4 heterocycles. The van der Waals surface area contributed by atoms with Crippen LogP contribution in [0.4, 0.5) is 0 Å². The van der Waals surface area contributed by atoms with Crippen LogP contribution in [0.2, 0.25) is 0 Å². The van der Waals surface area contributed by atoms with Crippen LogP contribution in [0.1, 0.15) is 52.1 Å². The van der Waals surface area contributed by atoms with E-state index < -0.39 is 0 Å². The summed E-state index contributed by atoms with van der Waals surface area (Å²) in [6.45, 7) is 5.66. The molecule has 0 atom stereocenters. The van der Waals surface area contributed by atoms with Gasteiger partial charge in [0.15, 0.2) is 5.69 Å². The van der Waals surface area contributed by atoms with Gasteiger partial charge in [-0.1, -0.05) is 36.4 Å². The molecule has 1 N–H and O–H groups in total. The first-order valence-corrected chi connectivity index (χ1v) is 11.7. The molecule has 0 aliphatic carbocycles. The van der Waals surface area contributed by atoms with Crippen LogP contribution < -0.4 is 5.32 Å². The highest BCUT2D eigenvalue weighted by molar-refractivity contribution is 5.94. The molecule has 0 radical (unpaired) electrons. The number of piperidine rings is 1. The summed E-state index contributed by atoms with van der Waals surface area (Å²) in [6, 6.07) is 14.4. The number of likely N-dealkylation sites (tertiary alicyclic amines) is 1. The van der Waals surface area contributed by atoms with E-state index in [0.29, 0.717) is 18.8 Å². The van der Waals surface area contributed by atoms with Gasteiger partial charge in [0.2, 0.25) is 0 Å². The highest BCUT2D eigenvalue weighted by Crippen LogP contribution is 2.20. The second-order valence-corrected chi connectivity index (χ2v) is 8.78. The molecule has 1 aliphatic rings. The zero-order valence-electron chi connectivity index (χ0n) is 19.1. The summed E-state index contributed by atoms with van der Waals surface area (Å²) >= 11 is 0. The Labute approximate surface area is 194 Å². The molecule has 1 aliphatic heterocycles. The first-order valence-electron chi connectivity index (χ1n) is 11.7. The van der Waals surface area contributed by atoms with Crippen LogP contribution in [0, 0.1) is 6.92 Å². The maximum atomic E-state index is 13.3. The Morgan fingerprint density at radius 1 is 1.00 bits per heavy atom. The number of carbonyl (C=O) groups is 1. The van der Waals surface area contributed by atoms with Crippen molar-refractivity contribution < 1.29 is 4.79 Å². The van der Waals surface area contributed by atoms with E-state index in [-0.39, 0.29) is 5.91 Å². The Bertz CT molecular complexity index is 1240. The molecule has 7 heteroatoms. The van der Waals surface area contributed by atoms with Gasteiger partial charge in [-0.2, -0.15) is 5.10 Å². The smallest absolute Gasteiger partial charge is 0.274 e. The van der Waals surface area contributed by atoms with Gasteiger partial charge in [-0.25, -0.2) is 4.98 Å². The maximum absolute atomic E-state index is 13.3. The van der Waals surface area contributed by atoms with Gasteiger partial charge in [0, 0.05) is 44.1 Å². The molecule has 0 bridgehead atoms. The average Bonchev–Trinajstić information content (AvgIpc) is 3.45. The van der Waals surface area contributed by atoms with Crippen LogP contribution in [0.15, 0.2) is 61.1 Å². The topological polar surface area (TPSA) is 67.5 Å². The van der Waals surface area contributed by atoms with Crippen molar-refractivity contribution in [3.05, 3.63) is 89.1 Å². The zero-order chi connectivity index (χ0) is 22.6. The van der Waals surface area contributed by atoms with Crippen LogP contribution in [0.5, 0.6) is 0 Å². The number of aromatic nitrogens is 4. The van der Waals surface area contributed by atoms with Gasteiger partial charge in [-0.05, 0) is 43.4 Å².